The van der Waals surface area contributed by atoms with Gasteiger partial charge in [0, 0.05) is 19.3 Å². The Labute approximate surface area is 352 Å². The second-order valence-corrected chi connectivity index (χ2v) is 15.0. The van der Waals surface area contributed by atoms with E-state index < -0.39 is 18.1 Å². The van der Waals surface area contributed by atoms with Gasteiger partial charge >= 0.3 is 17.9 Å². The molecule has 0 radical (unpaired) electrons. The zero-order valence-electron chi connectivity index (χ0n) is 36.7. The van der Waals surface area contributed by atoms with Gasteiger partial charge in [-0.3, -0.25) is 9.59 Å². The van der Waals surface area contributed by atoms with Crippen LogP contribution < -0.4 is 0 Å². The van der Waals surface area contributed by atoms with Crippen LogP contribution in [0.3, 0.4) is 0 Å². The van der Waals surface area contributed by atoms with Crippen molar-refractivity contribution in [2.75, 3.05) is 41.0 Å². The average molecular weight is 805 g/mol. The first-order chi connectivity index (χ1) is 28.1. The van der Waals surface area contributed by atoms with Crippen LogP contribution in [-0.2, 0) is 28.6 Å². The summed E-state index contributed by atoms with van der Waals surface area (Å²) in [4.78, 5) is 37.0. The molecule has 0 aliphatic carbocycles. The molecule has 8 heteroatoms. The Kier molecular flexibility index (Phi) is 36.6. The van der Waals surface area contributed by atoms with Gasteiger partial charge < -0.3 is 23.8 Å². The minimum Gasteiger partial charge on any atom is -0.477 e. The zero-order chi connectivity index (χ0) is 42.8. The number of esters is 2. The van der Waals surface area contributed by atoms with Crippen molar-refractivity contribution in [3.05, 3.63) is 122 Å². The molecule has 8 nitrogen and oxygen atoms in total. The Hall–Kier alpha value is -4.27. The fourth-order valence-corrected chi connectivity index (χ4v) is 5.43. The number of quaternary nitrogens is 1. The van der Waals surface area contributed by atoms with Gasteiger partial charge in [0.15, 0.2) is 12.1 Å². The van der Waals surface area contributed by atoms with Crippen LogP contribution >= 0.6 is 0 Å². The summed E-state index contributed by atoms with van der Waals surface area (Å²) in [6.45, 7) is 4.36. The van der Waals surface area contributed by atoms with E-state index in [0.717, 1.165) is 77.0 Å². The number of carboxylic acid groups (broad SMARTS) is 1. The Morgan fingerprint density at radius 2 is 1.00 bits per heavy atom. The molecule has 0 amide bonds. The lowest BCUT2D eigenvalue weighted by atomic mass is 10.1. The lowest BCUT2D eigenvalue weighted by molar-refractivity contribution is -0.887. The SMILES string of the molecule is CC/C=C/C=C/C=C/C=C/C=C/CCCCCC(=O)OCC(COCCC(C(=O)O)[N+](C)(C)C)OC(=O)CCCCC/C=C/C/C=C/C/C=C/C/C=C/C/C=C/CC. The molecule has 324 valence electrons. The summed E-state index contributed by atoms with van der Waals surface area (Å²) in [5.74, 6) is -1.59. The second-order valence-electron chi connectivity index (χ2n) is 15.0. The van der Waals surface area contributed by atoms with Gasteiger partial charge in [-0.15, -0.1) is 0 Å². The Morgan fingerprint density at radius 3 is 1.52 bits per heavy atom. The largest absolute Gasteiger partial charge is 0.477 e. The van der Waals surface area contributed by atoms with Crippen molar-refractivity contribution in [2.45, 2.75) is 135 Å². The van der Waals surface area contributed by atoms with Crippen LogP contribution in [0, 0.1) is 0 Å². The highest BCUT2D eigenvalue weighted by Crippen LogP contribution is 2.11. The van der Waals surface area contributed by atoms with Crippen LogP contribution in [0.4, 0.5) is 0 Å². The average Bonchev–Trinajstić information content (AvgIpc) is 3.18. The number of carbonyl (C=O) groups is 3. The van der Waals surface area contributed by atoms with Crippen LogP contribution in [0.2, 0.25) is 0 Å². The number of allylic oxidation sites excluding steroid dienone is 20. The van der Waals surface area contributed by atoms with Gasteiger partial charge in [0.1, 0.15) is 6.61 Å². The summed E-state index contributed by atoms with van der Waals surface area (Å²) in [6, 6.07) is -0.636. The van der Waals surface area contributed by atoms with Crippen LogP contribution in [0.5, 0.6) is 0 Å². The first kappa shape index (κ1) is 53.7. The molecule has 2 atom stereocenters. The molecular formula is C50H78NO7+. The van der Waals surface area contributed by atoms with Crippen molar-refractivity contribution >= 4 is 17.9 Å². The smallest absolute Gasteiger partial charge is 0.362 e. The lowest BCUT2D eigenvalue weighted by Gasteiger charge is -2.31. The van der Waals surface area contributed by atoms with E-state index in [1.54, 1.807) is 0 Å². The van der Waals surface area contributed by atoms with Gasteiger partial charge in [0.05, 0.1) is 34.4 Å². The first-order valence-corrected chi connectivity index (χ1v) is 21.6. The highest BCUT2D eigenvalue weighted by atomic mass is 16.6. The van der Waals surface area contributed by atoms with E-state index in [0.29, 0.717) is 25.7 Å². The molecule has 0 aliphatic rings. The second kappa shape index (κ2) is 39.6. The van der Waals surface area contributed by atoms with Crippen molar-refractivity contribution in [1.82, 2.24) is 0 Å². The standard InChI is InChI=1S/C50H77NO7/c1-6-8-10-12-14-16-18-20-22-23-24-25-27-29-31-33-35-37-39-41-49(53)58-46(44-56-43-42-47(50(54)55)51(3,4)5)45-57-48(52)40-38-36-34-32-30-28-26-21-19-17-15-13-11-9-7-2/h8-11,13-17,19-22,24-26,28-31,46-47H,6-7,12,18,23,27,32-45H2,1-5H3/p+1/b10-8+,11-9+,15-13+,16-14+,19-17+,22-20+,25-24+,26-21+,30-28+,31-29+. The summed E-state index contributed by atoms with van der Waals surface area (Å²) in [7, 11) is 5.48. The molecule has 0 fully saturated rings. The fourth-order valence-electron chi connectivity index (χ4n) is 5.43. The summed E-state index contributed by atoms with van der Waals surface area (Å²) in [5.41, 5.74) is 0. The van der Waals surface area contributed by atoms with Gasteiger partial charge in [0.25, 0.3) is 0 Å². The van der Waals surface area contributed by atoms with Gasteiger partial charge in [-0.2, -0.15) is 0 Å². The molecular weight excluding hydrogens is 727 g/mol. The van der Waals surface area contributed by atoms with E-state index in [2.05, 4.69) is 86.8 Å². The minimum atomic E-state index is -0.894. The Morgan fingerprint density at radius 1 is 0.534 bits per heavy atom. The minimum absolute atomic E-state index is 0.0240. The number of carboxylic acids is 1. The molecule has 0 aromatic heterocycles. The zero-order valence-corrected chi connectivity index (χ0v) is 36.7. The van der Waals surface area contributed by atoms with Crippen molar-refractivity contribution in [3.8, 4) is 0 Å². The topological polar surface area (TPSA) is 99.1 Å². The molecule has 2 unspecified atom stereocenters. The molecule has 0 aromatic rings. The Bertz CT molecular complexity index is 1350. The van der Waals surface area contributed by atoms with Crippen molar-refractivity contribution < 1.29 is 38.2 Å². The molecule has 0 heterocycles. The monoisotopic (exact) mass is 805 g/mol. The van der Waals surface area contributed by atoms with Crippen LogP contribution in [0.25, 0.3) is 0 Å². The lowest BCUT2D eigenvalue weighted by Crippen LogP contribution is -2.50. The highest BCUT2D eigenvalue weighted by molar-refractivity contribution is 5.72. The van der Waals surface area contributed by atoms with E-state index in [4.69, 9.17) is 14.2 Å². The predicted octanol–water partition coefficient (Wildman–Crippen LogP) is 11.9. The number of nitrogens with zero attached hydrogens (tertiary/aromatic N) is 1. The van der Waals surface area contributed by atoms with Crippen LogP contribution in [0.15, 0.2) is 122 Å². The number of unbranched alkanes of at least 4 members (excludes halogenated alkanes) is 6. The predicted molar refractivity (Wildman–Crippen MR) is 242 cm³/mol. The van der Waals surface area contributed by atoms with Crippen molar-refractivity contribution in [2.24, 2.45) is 0 Å². The number of hydrogen-bond acceptors (Lipinski definition) is 6. The van der Waals surface area contributed by atoms with E-state index in [-0.39, 0.29) is 42.7 Å². The molecule has 0 aromatic carbocycles. The molecule has 0 rings (SSSR count). The maximum absolute atomic E-state index is 12.7. The molecule has 1 N–H and O–H groups in total. The van der Waals surface area contributed by atoms with Gasteiger partial charge in [-0.1, -0.05) is 148 Å². The van der Waals surface area contributed by atoms with E-state index in [9.17, 15) is 19.5 Å². The molecule has 58 heavy (non-hydrogen) atoms. The van der Waals surface area contributed by atoms with Crippen molar-refractivity contribution in [1.29, 1.82) is 0 Å². The molecule has 0 saturated carbocycles. The van der Waals surface area contributed by atoms with Crippen molar-refractivity contribution in [3.63, 3.8) is 0 Å². The van der Waals surface area contributed by atoms with Crippen LogP contribution in [0.1, 0.15) is 123 Å². The third-order valence-electron chi connectivity index (χ3n) is 8.73. The highest BCUT2D eigenvalue weighted by Gasteiger charge is 2.31. The van der Waals surface area contributed by atoms with E-state index >= 15 is 0 Å². The van der Waals surface area contributed by atoms with Gasteiger partial charge in [0.2, 0.25) is 0 Å². The summed E-state index contributed by atoms with van der Waals surface area (Å²) in [6.07, 6.45) is 55.3. The maximum Gasteiger partial charge on any atom is 0.362 e. The molecule has 0 bridgehead atoms. The third-order valence-corrected chi connectivity index (χ3v) is 8.73. The number of carbonyl (C=O) groups excluding carboxylic acids is 2. The van der Waals surface area contributed by atoms with Gasteiger partial charge in [-0.05, 0) is 77.0 Å². The third kappa shape index (κ3) is 37.3. The summed E-state index contributed by atoms with van der Waals surface area (Å²) in [5, 5.41) is 9.62. The number of aliphatic carboxylic acids is 1. The summed E-state index contributed by atoms with van der Waals surface area (Å²) < 4.78 is 17.2. The quantitative estimate of drug-likeness (QED) is 0.0221. The first-order valence-electron chi connectivity index (χ1n) is 21.6. The number of hydrogen-bond donors (Lipinski definition) is 1. The maximum atomic E-state index is 12.7. The van der Waals surface area contributed by atoms with Gasteiger partial charge in [-0.25, -0.2) is 4.79 Å². The summed E-state index contributed by atoms with van der Waals surface area (Å²) >= 11 is 0. The van der Waals surface area contributed by atoms with Crippen LogP contribution in [-0.4, -0.2) is 80.6 Å². The van der Waals surface area contributed by atoms with E-state index in [1.807, 2.05) is 69.8 Å². The molecule has 0 aliphatic heterocycles. The number of rotatable bonds is 36. The number of likely N-dealkylation sites (N-methyl/N-ethyl adjacent to an activating group) is 1. The molecule has 0 spiro atoms. The van der Waals surface area contributed by atoms with E-state index in [1.165, 1.54) is 0 Å². The Balaban J connectivity index is 4.53. The number of ether oxygens (including phenoxy) is 3. The molecule has 0 saturated heterocycles. The fraction of sp³-hybridized carbons (Fsp3) is 0.540. The normalized spacial score (nSPS) is 14.2.